The van der Waals surface area contributed by atoms with Gasteiger partial charge < -0.3 is 4.57 Å². The highest BCUT2D eigenvalue weighted by atomic mass is 32.1. The normalized spacial score (nSPS) is 11.0. The standard InChI is InChI=1S/C22H15F2N3OS/c1-12-21(13(2)28)29-22(26-12)14-4-6-20-18(7-14)16(9-25)11-27(20)10-15-3-5-17(23)8-19(15)24/h3-8,11H,10H2,1-2H3. The molecule has 0 aliphatic carbocycles. The summed E-state index contributed by atoms with van der Waals surface area (Å²) in [5, 5.41) is 11.0. The largest absolute Gasteiger partial charge is 0.342 e. The van der Waals surface area contributed by atoms with E-state index in [-0.39, 0.29) is 12.3 Å². The SMILES string of the molecule is CC(=O)c1sc(-c2ccc3c(c2)c(C#N)cn3Cc2ccc(F)cc2F)nc1C. The number of Topliss-reactive ketones (excluding diaryl/α,β-unsaturated/α-hetero) is 1. The number of halogens is 2. The second-order valence-electron chi connectivity index (χ2n) is 6.74. The molecule has 0 radical (unpaired) electrons. The van der Waals surface area contributed by atoms with E-state index in [0.29, 0.717) is 32.1 Å². The van der Waals surface area contributed by atoms with Gasteiger partial charge in [-0.05, 0) is 31.2 Å². The zero-order valence-corrected chi connectivity index (χ0v) is 16.5. The molecule has 0 spiro atoms. The van der Waals surface area contributed by atoms with Crippen LogP contribution in [0.15, 0.2) is 42.6 Å². The Balaban J connectivity index is 1.79. The van der Waals surface area contributed by atoms with Crippen LogP contribution in [0.1, 0.15) is 33.4 Å². The van der Waals surface area contributed by atoms with Crippen molar-refractivity contribution in [3.8, 4) is 16.6 Å². The molecule has 0 fully saturated rings. The Kier molecular flexibility index (Phi) is 4.73. The van der Waals surface area contributed by atoms with Gasteiger partial charge in [0.25, 0.3) is 0 Å². The van der Waals surface area contributed by atoms with Gasteiger partial charge in [0.05, 0.1) is 22.7 Å². The molecular weight excluding hydrogens is 392 g/mol. The van der Waals surface area contributed by atoms with Crippen molar-refractivity contribution in [2.75, 3.05) is 0 Å². The molecule has 0 saturated carbocycles. The molecule has 2 heterocycles. The first kappa shape index (κ1) is 19.0. The zero-order chi connectivity index (χ0) is 20.7. The molecule has 4 rings (SSSR count). The zero-order valence-electron chi connectivity index (χ0n) is 15.7. The van der Waals surface area contributed by atoms with Gasteiger partial charge in [-0.2, -0.15) is 5.26 Å². The van der Waals surface area contributed by atoms with Crippen molar-refractivity contribution in [2.24, 2.45) is 0 Å². The number of hydrogen-bond acceptors (Lipinski definition) is 4. The molecule has 0 unspecified atom stereocenters. The van der Waals surface area contributed by atoms with Crippen molar-refractivity contribution in [2.45, 2.75) is 20.4 Å². The van der Waals surface area contributed by atoms with E-state index in [1.807, 2.05) is 18.2 Å². The first-order valence-corrected chi connectivity index (χ1v) is 9.64. The van der Waals surface area contributed by atoms with Gasteiger partial charge in [-0.1, -0.05) is 6.07 Å². The van der Waals surface area contributed by atoms with Crippen LogP contribution < -0.4 is 0 Å². The number of benzene rings is 2. The molecular formula is C22H15F2N3OS. The molecule has 0 amide bonds. The second-order valence-corrected chi connectivity index (χ2v) is 7.74. The summed E-state index contributed by atoms with van der Waals surface area (Å²) in [5.74, 6) is -1.29. The number of hydrogen-bond donors (Lipinski definition) is 0. The van der Waals surface area contributed by atoms with Crippen LogP contribution in [-0.4, -0.2) is 15.3 Å². The number of carbonyl (C=O) groups excluding carboxylic acids is 1. The van der Waals surface area contributed by atoms with Gasteiger partial charge >= 0.3 is 0 Å². The van der Waals surface area contributed by atoms with Crippen molar-refractivity contribution in [3.05, 3.63) is 75.9 Å². The molecule has 29 heavy (non-hydrogen) atoms. The van der Waals surface area contributed by atoms with Gasteiger partial charge in [0.15, 0.2) is 5.78 Å². The van der Waals surface area contributed by atoms with E-state index >= 15 is 0 Å². The topological polar surface area (TPSA) is 58.7 Å². The summed E-state index contributed by atoms with van der Waals surface area (Å²) in [4.78, 5) is 16.8. The quantitative estimate of drug-likeness (QED) is 0.421. The van der Waals surface area contributed by atoms with E-state index < -0.39 is 11.6 Å². The number of rotatable bonds is 4. The van der Waals surface area contributed by atoms with Crippen LogP contribution in [0.5, 0.6) is 0 Å². The van der Waals surface area contributed by atoms with E-state index in [1.54, 1.807) is 17.7 Å². The summed E-state index contributed by atoms with van der Waals surface area (Å²) in [6.45, 7) is 3.48. The minimum atomic E-state index is -0.630. The third kappa shape index (κ3) is 3.43. The maximum absolute atomic E-state index is 14.1. The molecule has 2 aromatic heterocycles. The predicted molar refractivity (Wildman–Crippen MR) is 108 cm³/mol. The lowest BCUT2D eigenvalue weighted by molar-refractivity contribution is 0.102. The number of nitriles is 1. The van der Waals surface area contributed by atoms with Gasteiger partial charge in [0.2, 0.25) is 0 Å². The van der Waals surface area contributed by atoms with Gasteiger partial charge in [-0.15, -0.1) is 11.3 Å². The number of carbonyl (C=O) groups is 1. The van der Waals surface area contributed by atoms with E-state index in [4.69, 9.17) is 0 Å². The van der Waals surface area contributed by atoms with Gasteiger partial charge in [0.1, 0.15) is 22.7 Å². The van der Waals surface area contributed by atoms with E-state index in [2.05, 4.69) is 11.1 Å². The fourth-order valence-electron chi connectivity index (χ4n) is 3.33. The van der Waals surface area contributed by atoms with Gasteiger partial charge in [-0.3, -0.25) is 4.79 Å². The molecule has 4 nitrogen and oxygen atoms in total. The number of fused-ring (bicyclic) bond motifs is 1. The van der Waals surface area contributed by atoms with E-state index in [0.717, 1.165) is 17.1 Å². The van der Waals surface area contributed by atoms with Crippen molar-refractivity contribution >= 4 is 28.0 Å². The highest BCUT2D eigenvalue weighted by Crippen LogP contribution is 2.32. The number of ketones is 1. The third-order valence-electron chi connectivity index (χ3n) is 4.72. The number of nitrogens with zero attached hydrogens (tertiary/aromatic N) is 3. The minimum absolute atomic E-state index is 0.0301. The lowest BCUT2D eigenvalue weighted by Gasteiger charge is -2.07. The van der Waals surface area contributed by atoms with Gasteiger partial charge in [0, 0.05) is 41.2 Å². The van der Waals surface area contributed by atoms with Crippen LogP contribution in [0.4, 0.5) is 8.78 Å². The summed E-state index contributed by atoms with van der Waals surface area (Å²) in [5.41, 5.74) is 3.03. The molecule has 0 atom stereocenters. The average Bonchev–Trinajstić information content (AvgIpc) is 3.24. The molecule has 2 aromatic carbocycles. The molecule has 0 N–H and O–H groups in total. The summed E-state index contributed by atoms with van der Waals surface area (Å²) in [6, 6.07) is 11.2. The smallest absolute Gasteiger partial charge is 0.171 e. The van der Waals surface area contributed by atoms with Gasteiger partial charge in [-0.25, -0.2) is 13.8 Å². The predicted octanol–water partition coefficient (Wildman–Crippen LogP) is 5.47. The minimum Gasteiger partial charge on any atom is -0.342 e. The Morgan fingerprint density at radius 3 is 2.69 bits per heavy atom. The third-order valence-corrected chi connectivity index (χ3v) is 6.03. The first-order chi connectivity index (χ1) is 13.9. The van der Waals surface area contributed by atoms with Crippen LogP contribution in [0.2, 0.25) is 0 Å². The van der Waals surface area contributed by atoms with Crippen LogP contribution in [-0.2, 0) is 6.54 Å². The highest BCUT2D eigenvalue weighted by Gasteiger charge is 2.16. The number of thiazole rings is 1. The summed E-state index contributed by atoms with van der Waals surface area (Å²) in [7, 11) is 0. The molecule has 0 aliphatic heterocycles. The van der Waals surface area contributed by atoms with Crippen LogP contribution in [0.25, 0.3) is 21.5 Å². The van der Waals surface area contributed by atoms with Crippen LogP contribution >= 0.6 is 11.3 Å². The Bertz CT molecular complexity index is 1310. The Morgan fingerprint density at radius 2 is 2.03 bits per heavy atom. The second kappa shape index (κ2) is 7.22. The highest BCUT2D eigenvalue weighted by molar-refractivity contribution is 7.17. The molecule has 0 aliphatic rings. The van der Waals surface area contributed by atoms with Crippen molar-refractivity contribution in [1.82, 2.24) is 9.55 Å². The maximum atomic E-state index is 14.1. The molecule has 0 saturated heterocycles. The number of aromatic nitrogens is 2. The Labute approximate surface area is 169 Å². The number of aryl methyl sites for hydroxylation is 1. The van der Waals surface area contributed by atoms with Crippen molar-refractivity contribution < 1.29 is 13.6 Å². The molecule has 144 valence electrons. The molecule has 0 bridgehead atoms. The fourth-order valence-corrected chi connectivity index (χ4v) is 4.29. The van der Waals surface area contributed by atoms with E-state index in [1.165, 1.54) is 30.4 Å². The maximum Gasteiger partial charge on any atom is 0.171 e. The summed E-state index contributed by atoms with van der Waals surface area (Å²) in [6.07, 6.45) is 1.66. The van der Waals surface area contributed by atoms with Crippen LogP contribution in [0, 0.1) is 29.9 Å². The monoisotopic (exact) mass is 407 g/mol. The lowest BCUT2D eigenvalue weighted by Crippen LogP contribution is -2.01. The first-order valence-electron chi connectivity index (χ1n) is 8.83. The van der Waals surface area contributed by atoms with E-state index in [9.17, 15) is 18.8 Å². The summed E-state index contributed by atoms with van der Waals surface area (Å²) < 4.78 is 29.0. The summed E-state index contributed by atoms with van der Waals surface area (Å²) >= 11 is 1.32. The lowest BCUT2D eigenvalue weighted by atomic mass is 10.1. The molecule has 7 heteroatoms. The van der Waals surface area contributed by atoms with Crippen LogP contribution in [0.3, 0.4) is 0 Å². The fraction of sp³-hybridized carbons (Fsp3) is 0.136. The Morgan fingerprint density at radius 1 is 1.24 bits per heavy atom. The molecule has 4 aromatic rings. The van der Waals surface area contributed by atoms with Crippen molar-refractivity contribution in [3.63, 3.8) is 0 Å². The van der Waals surface area contributed by atoms with Crippen molar-refractivity contribution in [1.29, 1.82) is 5.26 Å². The Hall–Kier alpha value is -3.37. The average molecular weight is 407 g/mol.